The van der Waals surface area contributed by atoms with Crippen molar-refractivity contribution < 1.29 is 33.4 Å². The number of anilines is 1. The molecule has 0 aliphatic carbocycles. The lowest BCUT2D eigenvalue weighted by Gasteiger charge is -2.16. The molecule has 0 unspecified atom stereocenters. The summed E-state index contributed by atoms with van der Waals surface area (Å²) in [6, 6.07) is 12.2. The van der Waals surface area contributed by atoms with Gasteiger partial charge >= 0.3 is 12.1 Å². The molecule has 1 atom stereocenters. The van der Waals surface area contributed by atoms with Crippen LogP contribution in [0.25, 0.3) is 11.4 Å². The van der Waals surface area contributed by atoms with Crippen LogP contribution in [0.15, 0.2) is 65.6 Å². The number of hydrogen-bond acceptors (Lipinski definition) is 7. The summed E-state index contributed by atoms with van der Waals surface area (Å²) in [7, 11) is 0. The number of aldehydes is 1. The summed E-state index contributed by atoms with van der Waals surface area (Å²) < 4.78 is 19.4. The summed E-state index contributed by atoms with van der Waals surface area (Å²) in [6.07, 6.45) is -0.0257. The third-order valence-electron chi connectivity index (χ3n) is 4.87. The van der Waals surface area contributed by atoms with Crippen LogP contribution in [-0.2, 0) is 32.3 Å². The second kappa shape index (κ2) is 12.0. The maximum Gasteiger partial charge on any atom is 0.412 e. The molecule has 2 aromatic carbocycles. The minimum Gasteiger partial charge on any atom is -0.480 e. The van der Waals surface area contributed by atoms with Gasteiger partial charge in [-0.2, -0.15) is 0 Å². The molecular formula is C24H21FN4O7. The van der Waals surface area contributed by atoms with E-state index in [1.54, 1.807) is 30.3 Å². The number of carbonyl (C=O) groups excluding carboxylic acids is 3. The van der Waals surface area contributed by atoms with Gasteiger partial charge in [0.1, 0.15) is 42.8 Å². The summed E-state index contributed by atoms with van der Waals surface area (Å²) in [4.78, 5) is 64.0. The number of rotatable bonds is 10. The number of aromatic nitrogens is 2. The van der Waals surface area contributed by atoms with Crippen LogP contribution in [0.3, 0.4) is 0 Å². The Bertz CT molecular complexity index is 1310. The molecule has 11 nitrogen and oxygen atoms in total. The highest BCUT2D eigenvalue weighted by molar-refractivity contribution is 5.86. The van der Waals surface area contributed by atoms with E-state index < -0.39 is 48.4 Å². The largest absolute Gasteiger partial charge is 0.480 e. The molecule has 0 aliphatic heterocycles. The Morgan fingerprint density at radius 1 is 1.11 bits per heavy atom. The Kier molecular flexibility index (Phi) is 8.59. The lowest BCUT2D eigenvalue weighted by Crippen LogP contribution is -2.44. The Hall–Kier alpha value is -4.87. The Morgan fingerprint density at radius 3 is 2.44 bits per heavy atom. The summed E-state index contributed by atoms with van der Waals surface area (Å²) in [6.45, 7) is -0.757. The molecule has 0 bridgehead atoms. The second-order valence-electron chi connectivity index (χ2n) is 7.44. The van der Waals surface area contributed by atoms with Gasteiger partial charge in [-0.3, -0.25) is 19.5 Å². The van der Waals surface area contributed by atoms with Crippen molar-refractivity contribution in [3.05, 3.63) is 82.5 Å². The third kappa shape index (κ3) is 6.82. The van der Waals surface area contributed by atoms with E-state index in [1.165, 1.54) is 12.1 Å². The summed E-state index contributed by atoms with van der Waals surface area (Å²) >= 11 is 0. The van der Waals surface area contributed by atoms with Gasteiger partial charge in [-0.05, 0) is 29.8 Å². The van der Waals surface area contributed by atoms with E-state index >= 15 is 0 Å². The van der Waals surface area contributed by atoms with E-state index in [0.717, 1.165) is 28.5 Å². The first-order chi connectivity index (χ1) is 17.3. The Labute approximate surface area is 203 Å². The average molecular weight is 496 g/mol. The van der Waals surface area contributed by atoms with Crippen molar-refractivity contribution in [2.45, 2.75) is 25.6 Å². The molecule has 0 spiro atoms. The van der Waals surface area contributed by atoms with Crippen LogP contribution in [0.5, 0.6) is 0 Å². The normalized spacial score (nSPS) is 11.2. The first-order valence-corrected chi connectivity index (χ1v) is 10.6. The molecular weight excluding hydrogens is 475 g/mol. The van der Waals surface area contributed by atoms with Crippen molar-refractivity contribution in [1.82, 2.24) is 14.9 Å². The number of carbonyl (C=O) groups is 4. The van der Waals surface area contributed by atoms with E-state index in [4.69, 9.17) is 9.84 Å². The first-order valence-electron chi connectivity index (χ1n) is 10.6. The summed E-state index contributed by atoms with van der Waals surface area (Å²) in [5.41, 5.74) is -0.162. The number of carboxylic acid groups (broad SMARTS) is 1. The lowest BCUT2D eigenvalue weighted by atomic mass is 10.2. The predicted molar refractivity (Wildman–Crippen MR) is 124 cm³/mol. The number of nitrogens with one attached hydrogen (secondary N) is 2. The molecule has 3 N–H and O–H groups in total. The second-order valence-corrected chi connectivity index (χ2v) is 7.44. The van der Waals surface area contributed by atoms with Crippen molar-refractivity contribution >= 4 is 29.9 Å². The summed E-state index contributed by atoms with van der Waals surface area (Å²) in [5.74, 6) is -2.92. The van der Waals surface area contributed by atoms with E-state index in [9.17, 15) is 28.4 Å². The molecule has 0 radical (unpaired) electrons. The fraction of sp³-hybridized carbons (Fsp3) is 0.167. The molecule has 1 aromatic heterocycles. The maximum atomic E-state index is 13.4. The van der Waals surface area contributed by atoms with Gasteiger partial charge in [-0.25, -0.2) is 19.0 Å². The van der Waals surface area contributed by atoms with Crippen LogP contribution in [0.2, 0.25) is 0 Å². The Morgan fingerprint density at radius 2 is 1.81 bits per heavy atom. The highest BCUT2D eigenvalue weighted by Crippen LogP contribution is 2.17. The molecule has 36 heavy (non-hydrogen) atoms. The van der Waals surface area contributed by atoms with Gasteiger partial charge in [0.2, 0.25) is 5.91 Å². The molecule has 0 saturated heterocycles. The van der Waals surface area contributed by atoms with E-state index in [0.29, 0.717) is 6.29 Å². The van der Waals surface area contributed by atoms with Crippen LogP contribution < -0.4 is 16.2 Å². The number of halogens is 1. The van der Waals surface area contributed by atoms with Crippen LogP contribution in [0.4, 0.5) is 14.9 Å². The minimum atomic E-state index is -1.50. The molecule has 3 aromatic rings. The molecule has 0 aliphatic rings. The monoisotopic (exact) mass is 496 g/mol. The number of benzene rings is 2. The number of aliphatic carboxylic acids is 1. The fourth-order valence-electron chi connectivity index (χ4n) is 3.12. The smallest absolute Gasteiger partial charge is 0.412 e. The zero-order chi connectivity index (χ0) is 26.1. The van der Waals surface area contributed by atoms with Gasteiger partial charge in [0.15, 0.2) is 0 Å². The van der Waals surface area contributed by atoms with Gasteiger partial charge in [0, 0.05) is 12.0 Å². The SMILES string of the molecule is O=CC[C@H](NC(=O)Cn1c(-c2ccc(F)cc2)ncc(NC(=O)OCc2ccccc2)c1=O)C(=O)O. The highest BCUT2D eigenvalue weighted by atomic mass is 19.1. The van der Waals surface area contributed by atoms with Crippen molar-refractivity contribution in [3.63, 3.8) is 0 Å². The number of hydrogen-bond donors (Lipinski definition) is 3. The predicted octanol–water partition coefficient (Wildman–Crippen LogP) is 1.96. The Balaban J connectivity index is 1.87. The van der Waals surface area contributed by atoms with Gasteiger partial charge in [0.25, 0.3) is 5.56 Å². The molecule has 2 amide bonds. The summed E-state index contributed by atoms with van der Waals surface area (Å²) in [5, 5.41) is 13.6. The molecule has 12 heteroatoms. The number of carboxylic acids is 1. The van der Waals surface area contributed by atoms with Crippen LogP contribution in [0, 0.1) is 5.82 Å². The average Bonchev–Trinajstić information content (AvgIpc) is 2.86. The maximum absolute atomic E-state index is 13.4. The van der Waals surface area contributed by atoms with Gasteiger partial charge < -0.3 is 20.0 Å². The quantitative estimate of drug-likeness (QED) is 0.360. The van der Waals surface area contributed by atoms with Crippen LogP contribution in [-0.4, -0.2) is 45.0 Å². The van der Waals surface area contributed by atoms with Gasteiger partial charge in [0.05, 0.1) is 6.20 Å². The standard InChI is InChI=1S/C24H21FN4O7/c25-17-8-6-16(7-9-17)21-26-12-19(28-24(35)36-14-15-4-2-1-3-5-15)22(32)29(21)13-20(31)27-18(10-11-30)23(33)34/h1-9,11-12,18H,10,13-14H2,(H,27,31)(H,28,35)(H,33,34)/t18-/m0/s1. The zero-order valence-electron chi connectivity index (χ0n) is 18.7. The number of amides is 2. The lowest BCUT2D eigenvalue weighted by molar-refractivity contribution is -0.142. The third-order valence-corrected chi connectivity index (χ3v) is 4.87. The molecule has 186 valence electrons. The van der Waals surface area contributed by atoms with Crippen molar-refractivity contribution in [1.29, 1.82) is 0 Å². The van der Waals surface area contributed by atoms with E-state index in [2.05, 4.69) is 15.6 Å². The van der Waals surface area contributed by atoms with Gasteiger partial charge in [-0.1, -0.05) is 30.3 Å². The van der Waals surface area contributed by atoms with E-state index in [-0.39, 0.29) is 23.7 Å². The topological polar surface area (TPSA) is 157 Å². The van der Waals surface area contributed by atoms with Crippen molar-refractivity contribution in [2.75, 3.05) is 5.32 Å². The molecule has 0 saturated carbocycles. The number of nitrogens with zero attached hydrogens (tertiary/aromatic N) is 2. The fourth-order valence-corrected chi connectivity index (χ4v) is 3.12. The minimum absolute atomic E-state index is 0.0411. The van der Waals surface area contributed by atoms with E-state index in [1.807, 2.05) is 0 Å². The highest BCUT2D eigenvalue weighted by Gasteiger charge is 2.22. The molecule has 3 rings (SSSR count). The van der Waals surface area contributed by atoms with Crippen LogP contribution in [0.1, 0.15) is 12.0 Å². The van der Waals surface area contributed by atoms with Crippen molar-refractivity contribution in [3.8, 4) is 11.4 Å². The van der Waals surface area contributed by atoms with Crippen LogP contribution >= 0.6 is 0 Å². The van der Waals surface area contributed by atoms with Crippen molar-refractivity contribution in [2.24, 2.45) is 0 Å². The first kappa shape index (κ1) is 25.7. The van der Waals surface area contributed by atoms with Gasteiger partial charge in [-0.15, -0.1) is 0 Å². The molecule has 1 heterocycles. The number of ether oxygens (including phenoxy) is 1. The zero-order valence-corrected chi connectivity index (χ0v) is 18.7. The molecule has 0 fully saturated rings.